The van der Waals surface area contributed by atoms with Crippen molar-refractivity contribution in [2.45, 2.75) is 45.3 Å². The third-order valence-electron chi connectivity index (χ3n) is 4.13. The molecule has 1 aromatic rings. The Balaban J connectivity index is 1.81. The zero-order valence-corrected chi connectivity index (χ0v) is 17.4. The minimum absolute atomic E-state index is 0.237. The zero-order valence-electron chi connectivity index (χ0n) is 17.4. The molecule has 1 fully saturated rings. The van der Waals surface area contributed by atoms with E-state index in [1.54, 1.807) is 45.0 Å². The van der Waals surface area contributed by atoms with Gasteiger partial charge in [0, 0.05) is 12.2 Å². The molecule has 1 saturated heterocycles. The summed E-state index contributed by atoms with van der Waals surface area (Å²) in [7, 11) is 0. The molecule has 0 aliphatic carbocycles. The molecule has 1 atom stereocenters. The Labute approximate surface area is 175 Å². The van der Waals surface area contributed by atoms with Gasteiger partial charge in [-0.15, -0.1) is 0 Å². The smallest absolute Gasteiger partial charge is 0.410 e. The van der Waals surface area contributed by atoms with E-state index in [2.05, 4.69) is 10.6 Å². The Morgan fingerprint density at radius 3 is 2.43 bits per heavy atom. The molecule has 2 rings (SSSR count). The van der Waals surface area contributed by atoms with E-state index in [0.717, 1.165) is 0 Å². The number of benzene rings is 1. The summed E-state index contributed by atoms with van der Waals surface area (Å²) < 4.78 is 10.5. The van der Waals surface area contributed by atoms with Gasteiger partial charge in [0.2, 0.25) is 11.8 Å². The van der Waals surface area contributed by atoms with Gasteiger partial charge >= 0.3 is 6.09 Å². The number of anilines is 1. The lowest BCUT2D eigenvalue weighted by Crippen LogP contribution is -2.48. The molecule has 1 heterocycles. The van der Waals surface area contributed by atoms with Crippen LogP contribution in [0.1, 0.15) is 33.6 Å². The quantitative estimate of drug-likeness (QED) is 0.601. The molecule has 1 aromatic carbocycles. The highest BCUT2D eigenvalue weighted by molar-refractivity contribution is 5.95. The molecule has 10 heteroatoms. The molecule has 0 spiro atoms. The van der Waals surface area contributed by atoms with E-state index in [-0.39, 0.29) is 13.2 Å². The number of carbonyl (C=O) groups excluding carboxylic acids is 4. The second-order valence-electron chi connectivity index (χ2n) is 7.88. The number of primary amides is 1. The first-order chi connectivity index (χ1) is 14.0. The SMILES string of the molecule is CC(C)(C)OC(=O)N1CCCC1C(=O)NCC(=O)Nc1ccc(OCC(N)=O)cc1. The summed E-state index contributed by atoms with van der Waals surface area (Å²) in [5, 5.41) is 5.20. The summed E-state index contributed by atoms with van der Waals surface area (Å²) in [4.78, 5) is 48.9. The molecule has 10 nitrogen and oxygen atoms in total. The summed E-state index contributed by atoms with van der Waals surface area (Å²) in [6, 6.07) is 5.69. The van der Waals surface area contributed by atoms with E-state index in [4.69, 9.17) is 15.2 Å². The zero-order chi connectivity index (χ0) is 22.3. The van der Waals surface area contributed by atoms with Crippen LogP contribution in [0.3, 0.4) is 0 Å². The minimum atomic E-state index is -0.658. The van der Waals surface area contributed by atoms with Gasteiger partial charge in [0.05, 0.1) is 6.54 Å². The minimum Gasteiger partial charge on any atom is -0.484 e. The molecule has 0 aromatic heterocycles. The van der Waals surface area contributed by atoms with Crippen molar-refractivity contribution < 1.29 is 28.7 Å². The monoisotopic (exact) mass is 420 g/mol. The van der Waals surface area contributed by atoms with Crippen LogP contribution in [0.25, 0.3) is 0 Å². The predicted octanol–water partition coefficient (Wildman–Crippen LogP) is 1.00. The van der Waals surface area contributed by atoms with Crippen LogP contribution in [0.2, 0.25) is 0 Å². The Hall–Kier alpha value is -3.30. The van der Waals surface area contributed by atoms with Crippen LogP contribution >= 0.6 is 0 Å². The van der Waals surface area contributed by atoms with E-state index in [1.165, 1.54) is 4.90 Å². The molecular weight excluding hydrogens is 392 g/mol. The van der Waals surface area contributed by atoms with Crippen LogP contribution in [0, 0.1) is 0 Å². The lowest BCUT2D eigenvalue weighted by atomic mass is 10.2. The van der Waals surface area contributed by atoms with Crippen LogP contribution in [-0.2, 0) is 19.1 Å². The summed E-state index contributed by atoms with van der Waals surface area (Å²) in [5.74, 6) is -0.973. The highest BCUT2D eigenvalue weighted by Gasteiger charge is 2.36. The maximum absolute atomic E-state index is 12.5. The molecule has 1 aliphatic rings. The third kappa shape index (κ3) is 7.26. The molecular formula is C20H28N4O6. The third-order valence-corrected chi connectivity index (χ3v) is 4.13. The number of nitrogens with one attached hydrogen (secondary N) is 2. The van der Waals surface area contributed by atoms with Crippen LogP contribution in [-0.4, -0.2) is 60.1 Å². The molecule has 164 valence electrons. The fourth-order valence-electron chi connectivity index (χ4n) is 2.86. The van der Waals surface area contributed by atoms with Gasteiger partial charge in [0.15, 0.2) is 6.61 Å². The maximum Gasteiger partial charge on any atom is 0.410 e. The fraction of sp³-hybridized carbons (Fsp3) is 0.500. The van der Waals surface area contributed by atoms with Gasteiger partial charge in [-0.2, -0.15) is 0 Å². The highest BCUT2D eigenvalue weighted by Crippen LogP contribution is 2.21. The van der Waals surface area contributed by atoms with Crippen LogP contribution in [0.15, 0.2) is 24.3 Å². The van der Waals surface area contributed by atoms with Crippen LogP contribution in [0.5, 0.6) is 5.75 Å². The molecule has 30 heavy (non-hydrogen) atoms. The first-order valence-electron chi connectivity index (χ1n) is 9.63. The van der Waals surface area contributed by atoms with Crippen molar-refractivity contribution >= 4 is 29.5 Å². The number of hydrogen-bond acceptors (Lipinski definition) is 6. The van der Waals surface area contributed by atoms with Crippen molar-refractivity contribution in [3.8, 4) is 5.75 Å². The van der Waals surface area contributed by atoms with Gasteiger partial charge in [-0.05, 0) is 57.9 Å². The Kier molecular flexibility index (Phi) is 7.62. The molecule has 0 radical (unpaired) electrons. The van der Waals surface area contributed by atoms with Gasteiger partial charge in [-0.3, -0.25) is 19.3 Å². The average Bonchev–Trinajstić information content (AvgIpc) is 3.14. The summed E-state index contributed by atoms with van der Waals surface area (Å²) in [5.41, 5.74) is 4.85. The van der Waals surface area contributed by atoms with Crippen LogP contribution < -0.4 is 21.1 Å². The van der Waals surface area contributed by atoms with Crippen LogP contribution in [0.4, 0.5) is 10.5 Å². The number of amides is 4. The summed E-state index contributed by atoms with van der Waals surface area (Å²) in [6.07, 6.45) is 0.663. The van der Waals surface area contributed by atoms with E-state index < -0.39 is 35.5 Å². The molecule has 4 amide bonds. The normalized spacial score (nSPS) is 16.0. The van der Waals surface area contributed by atoms with Gasteiger partial charge in [-0.1, -0.05) is 0 Å². The van der Waals surface area contributed by atoms with Gasteiger partial charge < -0.3 is 25.8 Å². The number of nitrogens with zero attached hydrogens (tertiary/aromatic N) is 1. The van der Waals surface area contributed by atoms with Gasteiger partial charge in [0.1, 0.15) is 17.4 Å². The van der Waals surface area contributed by atoms with Crippen molar-refractivity contribution in [3.05, 3.63) is 24.3 Å². The standard InChI is InChI=1S/C20H28N4O6/c1-20(2,3)30-19(28)24-10-4-5-15(24)18(27)22-11-17(26)23-13-6-8-14(9-7-13)29-12-16(21)25/h6-9,15H,4-5,10-12H2,1-3H3,(H2,21,25)(H,22,27)(H,23,26). The Morgan fingerprint density at radius 2 is 1.83 bits per heavy atom. The first kappa shape index (κ1) is 23.0. The van der Waals surface area contributed by atoms with E-state index in [0.29, 0.717) is 30.8 Å². The van der Waals surface area contributed by atoms with Crippen molar-refractivity contribution in [1.82, 2.24) is 10.2 Å². The molecule has 1 unspecified atom stereocenters. The van der Waals surface area contributed by atoms with Crippen molar-refractivity contribution in [2.24, 2.45) is 5.73 Å². The largest absolute Gasteiger partial charge is 0.484 e. The van der Waals surface area contributed by atoms with Gasteiger partial charge in [0.25, 0.3) is 5.91 Å². The number of likely N-dealkylation sites (tertiary alicyclic amines) is 1. The summed E-state index contributed by atoms with van der Waals surface area (Å²) >= 11 is 0. The maximum atomic E-state index is 12.5. The number of nitrogens with two attached hydrogens (primary N) is 1. The van der Waals surface area contributed by atoms with Crippen molar-refractivity contribution in [3.63, 3.8) is 0 Å². The lowest BCUT2D eigenvalue weighted by Gasteiger charge is -2.28. The lowest BCUT2D eigenvalue weighted by molar-refractivity contribution is -0.127. The van der Waals surface area contributed by atoms with E-state index >= 15 is 0 Å². The number of hydrogen-bond donors (Lipinski definition) is 3. The van der Waals surface area contributed by atoms with Gasteiger partial charge in [-0.25, -0.2) is 4.79 Å². The predicted molar refractivity (Wildman–Crippen MR) is 109 cm³/mol. The Bertz CT molecular complexity index is 787. The number of carbonyl (C=O) groups is 4. The average molecular weight is 420 g/mol. The molecule has 0 saturated carbocycles. The second-order valence-corrected chi connectivity index (χ2v) is 7.88. The second kappa shape index (κ2) is 9.95. The summed E-state index contributed by atoms with van der Waals surface area (Å²) in [6.45, 7) is 5.24. The van der Waals surface area contributed by atoms with E-state index in [1.807, 2.05) is 0 Å². The number of ether oxygens (including phenoxy) is 2. The Morgan fingerprint density at radius 1 is 1.17 bits per heavy atom. The molecule has 0 bridgehead atoms. The number of rotatable bonds is 7. The van der Waals surface area contributed by atoms with E-state index in [9.17, 15) is 19.2 Å². The first-order valence-corrected chi connectivity index (χ1v) is 9.63. The molecule has 4 N–H and O–H groups in total. The van der Waals surface area contributed by atoms with Crippen molar-refractivity contribution in [1.29, 1.82) is 0 Å². The highest BCUT2D eigenvalue weighted by atomic mass is 16.6. The van der Waals surface area contributed by atoms with Crippen molar-refractivity contribution in [2.75, 3.05) is 25.0 Å². The fourth-order valence-corrected chi connectivity index (χ4v) is 2.86. The topological polar surface area (TPSA) is 140 Å². The molecule has 1 aliphatic heterocycles.